The Morgan fingerprint density at radius 3 is 2.75 bits per heavy atom. The molecule has 6 heteroatoms. The summed E-state index contributed by atoms with van der Waals surface area (Å²) in [7, 11) is 1.66. The highest BCUT2D eigenvalue weighted by atomic mass is 16.5. The van der Waals surface area contributed by atoms with Gasteiger partial charge in [0.05, 0.1) is 7.11 Å². The fourth-order valence-corrected chi connectivity index (χ4v) is 2.81. The number of nitrogens with one attached hydrogen (secondary N) is 1. The van der Waals surface area contributed by atoms with Gasteiger partial charge in [0.15, 0.2) is 0 Å². The van der Waals surface area contributed by atoms with Crippen LogP contribution in [0, 0.1) is 6.92 Å². The van der Waals surface area contributed by atoms with E-state index in [2.05, 4.69) is 58.1 Å². The number of nitrogens with zero attached hydrogens (tertiary/aromatic N) is 4. The topological polar surface area (TPSA) is 64.9 Å². The molecular weight excluding hydrogens is 302 g/mol. The second-order valence-electron chi connectivity index (χ2n) is 5.74. The monoisotopic (exact) mass is 319 g/mol. The van der Waals surface area contributed by atoms with E-state index in [1.54, 1.807) is 11.8 Å². The van der Waals surface area contributed by atoms with Crippen LogP contribution in [-0.2, 0) is 0 Å². The van der Waals surface area contributed by atoms with Crippen LogP contribution in [0.2, 0.25) is 0 Å². The number of ether oxygens (including phenoxy) is 1. The van der Waals surface area contributed by atoms with Gasteiger partial charge in [-0.15, -0.1) is 0 Å². The molecule has 1 N–H and O–H groups in total. The molecule has 120 valence electrons. The molecule has 6 nitrogen and oxygen atoms in total. The zero-order chi connectivity index (χ0) is 16.5. The van der Waals surface area contributed by atoms with Crippen molar-refractivity contribution in [2.24, 2.45) is 0 Å². The summed E-state index contributed by atoms with van der Waals surface area (Å²) in [5, 5.41) is 15.3. The normalized spacial score (nSPS) is 16.1. The lowest BCUT2D eigenvalue weighted by atomic mass is 10.0. The van der Waals surface area contributed by atoms with Crippen molar-refractivity contribution in [1.29, 1.82) is 0 Å². The van der Waals surface area contributed by atoms with Crippen LogP contribution in [0.5, 0.6) is 5.75 Å². The van der Waals surface area contributed by atoms with Crippen LogP contribution < -0.4 is 10.1 Å². The minimum atomic E-state index is -0.0574. The summed E-state index contributed by atoms with van der Waals surface area (Å²) in [5.74, 6) is 1.44. The highest BCUT2D eigenvalue weighted by Gasteiger charge is 2.24. The first kappa shape index (κ1) is 14.4. The fraction of sp³-hybridized carbons (Fsp3) is 0.167. The van der Waals surface area contributed by atoms with E-state index in [1.165, 1.54) is 5.56 Å². The van der Waals surface area contributed by atoms with Gasteiger partial charge in [-0.1, -0.05) is 47.1 Å². The molecule has 2 aromatic carbocycles. The lowest BCUT2D eigenvalue weighted by Crippen LogP contribution is -2.20. The van der Waals surface area contributed by atoms with Gasteiger partial charge in [-0.05, 0) is 41.1 Å². The molecule has 3 aromatic rings. The van der Waals surface area contributed by atoms with Gasteiger partial charge >= 0.3 is 0 Å². The number of tetrazole rings is 1. The summed E-state index contributed by atoms with van der Waals surface area (Å²) in [6.45, 7) is 2.08. The maximum atomic E-state index is 5.32. The lowest BCUT2D eigenvalue weighted by Gasteiger charge is -2.23. The molecule has 0 saturated carbocycles. The van der Waals surface area contributed by atoms with Crippen molar-refractivity contribution >= 4 is 11.6 Å². The number of hydrogen-bond acceptors (Lipinski definition) is 5. The van der Waals surface area contributed by atoms with E-state index in [9.17, 15) is 0 Å². The molecule has 0 unspecified atom stereocenters. The van der Waals surface area contributed by atoms with Crippen molar-refractivity contribution in [3.8, 4) is 5.75 Å². The molecule has 0 fully saturated rings. The third-order valence-electron chi connectivity index (χ3n) is 4.13. The number of benzene rings is 2. The Hall–Kier alpha value is -3.15. The molecule has 0 spiro atoms. The third kappa shape index (κ3) is 2.52. The molecule has 0 amide bonds. The SMILES string of the molecule is COc1cccc(C2=C[C@@H](c3ccc(C)cc3)n3nnnc3N2)c1. The summed E-state index contributed by atoms with van der Waals surface area (Å²) in [6.07, 6.45) is 2.13. The second-order valence-corrected chi connectivity index (χ2v) is 5.74. The first-order valence-electron chi connectivity index (χ1n) is 7.72. The zero-order valence-corrected chi connectivity index (χ0v) is 13.5. The van der Waals surface area contributed by atoms with Gasteiger partial charge < -0.3 is 10.1 Å². The minimum Gasteiger partial charge on any atom is -0.497 e. The van der Waals surface area contributed by atoms with Crippen LogP contribution in [0.15, 0.2) is 54.6 Å². The number of methoxy groups -OCH3 is 1. The van der Waals surface area contributed by atoms with Gasteiger partial charge in [-0.3, -0.25) is 0 Å². The van der Waals surface area contributed by atoms with E-state index in [0.717, 1.165) is 22.6 Å². The molecular formula is C18H17N5O. The lowest BCUT2D eigenvalue weighted by molar-refractivity contribution is 0.414. The first-order chi connectivity index (χ1) is 11.7. The average Bonchev–Trinajstić information content (AvgIpc) is 3.10. The Labute approximate surface area is 139 Å². The van der Waals surface area contributed by atoms with Crippen molar-refractivity contribution < 1.29 is 4.74 Å². The summed E-state index contributed by atoms with van der Waals surface area (Å²) < 4.78 is 7.11. The minimum absolute atomic E-state index is 0.0574. The van der Waals surface area contributed by atoms with E-state index < -0.39 is 0 Å². The highest BCUT2D eigenvalue weighted by Crippen LogP contribution is 2.32. The predicted octanol–water partition coefficient (Wildman–Crippen LogP) is 3.05. The number of allylic oxidation sites excluding steroid dienone is 1. The van der Waals surface area contributed by atoms with Crippen molar-refractivity contribution in [1.82, 2.24) is 20.2 Å². The number of rotatable bonds is 3. The first-order valence-corrected chi connectivity index (χ1v) is 7.72. The zero-order valence-electron chi connectivity index (χ0n) is 13.5. The molecule has 24 heavy (non-hydrogen) atoms. The smallest absolute Gasteiger partial charge is 0.248 e. The largest absolute Gasteiger partial charge is 0.497 e. The molecule has 0 saturated heterocycles. The maximum absolute atomic E-state index is 5.32. The highest BCUT2D eigenvalue weighted by molar-refractivity contribution is 5.77. The van der Waals surface area contributed by atoms with Gasteiger partial charge in [0.2, 0.25) is 5.95 Å². The number of anilines is 1. The average molecular weight is 319 g/mol. The molecule has 1 atom stereocenters. The number of fused-ring (bicyclic) bond motifs is 1. The van der Waals surface area contributed by atoms with Crippen LogP contribution in [-0.4, -0.2) is 27.3 Å². The summed E-state index contributed by atoms with van der Waals surface area (Å²) in [6, 6.07) is 16.3. The van der Waals surface area contributed by atoms with E-state index in [4.69, 9.17) is 4.74 Å². The molecule has 1 aromatic heterocycles. The Morgan fingerprint density at radius 2 is 1.96 bits per heavy atom. The Balaban J connectivity index is 1.79. The van der Waals surface area contributed by atoms with E-state index >= 15 is 0 Å². The van der Waals surface area contributed by atoms with Gasteiger partial charge in [-0.25, -0.2) is 0 Å². The summed E-state index contributed by atoms with van der Waals surface area (Å²) >= 11 is 0. The third-order valence-corrected chi connectivity index (χ3v) is 4.13. The predicted molar refractivity (Wildman–Crippen MR) is 91.7 cm³/mol. The van der Waals surface area contributed by atoms with Crippen LogP contribution in [0.4, 0.5) is 5.95 Å². The molecule has 1 aliphatic rings. The van der Waals surface area contributed by atoms with E-state index in [1.807, 2.05) is 24.3 Å². The van der Waals surface area contributed by atoms with Crippen molar-refractivity contribution in [2.75, 3.05) is 12.4 Å². The van der Waals surface area contributed by atoms with Crippen LogP contribution in [0.3, 0.4) is 0 Å². The van der Waals surface area contributed by atoms with Crippen molar-refractivity contribution in [3.63, 3.8) is 0 Å². The quantitative estimate of drug-likeness (QED) is 0.804. The second kappa shape index (κ2) is 5.81. The number of aromatic nitrogens is 4. The van der Waals surface area contributed by atoms with E-state index in [0.29, 0.717) is 5.95 Å². The van der Waals surface area contributed by atoms with Crippen LogP contribution in [0.1, 0.15) is 22.7 Å². The molecule has 0 radical (unpaired) electrons. The van der Waals surface area contributed by atoms with Crippen molar-refractivity contribution in [2.45, 2.75) is 13.0 Å². The Bertz CT molecular complexity index is 898. The van der Waals surface area contributed by atoms with Gasteiger partial charge in [-0.2, -0.15) is 4.68 Å². The standard InChI is InChI=1S/C18H17N5O/c1-12-6-8-13(9-7-12)17-11-16(19-18-20-21-22-23(17)18)14-4-3-5-15(10-14)24-2/h3-11,17H,1-2H3,(H,19,20,22)/t17-/m0/s1. The fourth-order valence-electron chi connectivity index (χ4n) is 2.81. The maximum Gasteiger partial charge on any atom is 0.248 e. The Morgan fingerprint density at radius 1 is 1.12 bits per heavy atom. The molecule has 0 aliphatic carbocycles. The van der Waals surface area contributed by atoms with E-state index in [-0.39, 0.29) is 6.04 Å². The number of hydrogen-bond donors (Lipinski definition) is 1. The van der Waals surface area contributed by atoms with Crippen molar-refractivity contribution in [3.05, 3.63) is 71.3 Å². The van der Waals surface area contributed by atoms with Gasteiger partial charge in [0.25, 0.3) is 0 Å². The molecule has 1 aliphatic heterocycles. The van der Waals surface area contributed by atoms with Gasteiger partial charge in [0.1, 0.15) is 11.8 Å². The number of aryl methyl sites for hydroxylation is 1. The summed E-state index contributed by atoms with van der Waals surface area (Å²) in [4.78, 5) is 0. The molecule has 0 bridgehead atoms. The van der Waals surface area contributed by atoms with Crippen LogP contribution >= 0.6 is 0 Å². The van der Waals surface area contributed by atoms with Gasteiger partial charge in [0, 0.05) is 11.3 Å². The molecule has 2 heterocycles. The molecule has 4 rings (SSSR count). The van der Waals surface area contributed by atoms with Crippen LogP contribution in [0.25, 0.3) is 5.70 Å². The summed E-state index contributed by atoms with van der Waals surface area (Å²) in [5.41, 5.74) is 4.35. The Kier molecular flexibility index (Phi) is 3.49.